The molecular weight excluding hydrogens is 229 g/mol. The van der Waals surface area contributed by atoms with Crippen LogP contribution in [-0.2, 0) is 0 Å². The number of nitrogens with one attached hydrogen (secondary N) is 1. The Hall–Kier alpha value is -1.09. The third-order valence-electron chi connectivity index (χ3n) is 2.15. The minimum Gasteiger partial charge on any atom is -0.352 e. The molecule has 2 nitrogen and oxygen atoms in total. The van der Waals surface area contributed by atoms with Gasteiger partial charge in [0, 0.05) is 18.0 Å². The molecule has 0 aliphatic rings. The number of aryl methyl sites for hydroxylation is 1. The molecule has 0 bridgehead atoms. The normalized spacial score (nSPS) is 10.2. The molecule has 0 aromatic heterocycles. The topological polar surface area (TPSA) is 29.1 Å². The second-order valence-corrected chi connectivity index (χ2v) is 4.05. The van der Waals surface area contributed by atoms with Crippen LogP contribution in [0.25, 0.3) is 0 Å². The summed E-state index contributed by atoms with van der Waals surface area (Å²) in [6.07, 6.45) is 1.70. The summed E-state index contributed by atoms with van der Waals surface area (Å²) in [4.78, 5) is 11.6. The number of hydrogen-bond acceptors (Lipinski definition) is 1. The monoisotopic (exact) mass is 243 g/mol. The highest BCUT2D eigenvalue weighted by molar-refractivity contribution is 6.17. The van der Waals surface area contributed by atoms with Crippen LogP contribution in [0.15, 0.2) is 18.2 Å². The van der Waals surface area contributed by atoms with Crippen molar-refractivity contribution in [2.24, 2.45) is 0 Å². The van der Waals surface area contributed by atoms with E-state index in [0.717, 1.165) is 18.4 Å². The van der Waals surface area contributed by atoms with Gasteiger partial charge in [-0.15, -0.1) is 11.6 Å². The van der Waals surface area contributed by atoms with E-state index in [4.69, 9.17) is 11.6 Å². The Morgan fingerprint density at radius 2 is 2.12 bits per heavy atom. The number of amides is 1. The molecule has 0 unspecified atom stereocenters. The third-order valence-corrected chi connectivity index (χ3v) is 2.42. The van der Waals surface area contributed by atoms with Crippen LogP contribution in [0, 0.1) is 12.7 Å². The van der Waals surface area contributed by atoms with Crippen LogP contribution in [0.2, 0.25) is 0 Å². The van der Waals surface area contributed by atoms with Gasteiger partial charge in [0.05, 0.1) is 0 Å². The van der Waals surface area contributed by atoms with E-state index in [-0.39, 0.29) is 11.7 Å². The van der Waals surface area contributed by atoms with Gasteiger partial charge >= 0.3 is 0 Å². The van der Waals surface area contributed by atoms with Gasteiger partial charge in [-0.05, 0) is 43.5 Å². The second kappa shape index (κ2) is 6.48. The number of unbranched alkanes of at least 4 members (excludes halogenated alkanes) is 1. The lowest BCUT2D eigenvalue weighted by atomic mass is 10.1. The molecule has 1 amide bonds. The van der Waals surface area contributed by atoms with Crippen molar-refractivity contribution >= 4 is 17.5 Å². The fraction of sp³-hybridized carbons (Fsp3) is 0.417. The Morgan fingerprint density at radius 1 is 1.38 bits per heavy atom. The van der Waals surface area contributed by atoms with Crippen molar-refractivity contribution in [3.8, 4) is 0 Å². The average Bonchev–Trinajstić information content (AvgIpc) is 2.22. The van der Waals surface area contributed by atoms with E-state index >= 15 is 0 Å². The smallest absolute Gasteiger partial charge is 0.251 e. The molecule has 1 rings (SSSR count). The highest BCUT2D eigenvalue weighted by Crippen LogP contribution is 2.08. The van der Waals surface area contributed by atoms with Gasteiger partial charge in [-0.1, -0.05) is 0 Å². The molecule has 0 heterocycles. The van der Waals surface area contributed by atoms with Crippen LogP contribution in [-0.4, -0.2) is 18.3 Å². The fourth-order valence-corrected chi connectivity index (χ4v) is 1.58. The van der Waals surface area contributed by atoms with Gasteiger partial charge in [-0.2, -0.15) is 0 Å². The van der Waals surface area contributed by atoms with E-state index in [1.807, 2.05) is 0 Å². The maximum atomic E-state index is 13.0. The number of hydrogen-bond donors (Lipinski definition) is 1. The van der Waals surface area contributed by atoms with Crippen molar-refractivity contribution in [3.63, 3.8) is 0 Å². The van der Waals surface area contributed by atoms with Crippen LogP contribution >= 0.6 is 11.6 Å². The first kappa shape index (κ1) is 13.0. The Labute approximate surface area is 99.8 Å². The van der Waals surface area contributed by atoms with Crippen molar-refractivity contribution in [1.82, 2.24) is 5.32 Å². The maximum absolute atomic E-state index is 13.0. The predicted molar refractivity (Wildman–Crippen MR) is 63.4 cm³/mol. The van der Waals surface area contributed by atoms with Gasteiger partial charge in [0.2, 0.25) is 0 Å². The van der Waals surface area contributed by atoms with Crippen LogP contribution in [0.4, 0.5) is 4.39 Å². The van der Waals surface area contributed by atoms with Gasteiger partial charge in [0.15, 0.2) is 0 Å². The molecule has 0 aliphatic heterocycles. The summed E-state index contributed by atoms with van der Waals surface area (Å²) < 4.78 is 13.0. The lowest BCUT2D eigenvalue weighted by molar-refractivity contribution is 0.0952. The first-order valence-electron chi connectivity index (χ1n) is 5.25. The number of rotatable bonds is 5. The molecule has 0 aliphatic carbocycles. The van der Waals surface area contributed by atoms with Gasteiger partial charge in [-0.25, -0.2) is 4.39 Å². The highest BCUT2D eigenvalue weighted by atomic mass is 35.5. The van der Waals surface area contributed by atoms with E-state index in [1.54, 1.807) is 13.0 Å². The van der Waals surface area contributed by atoms with Gasteiger partial charge in [0.1, 0.15) is 5.82 Å². The number of alkyl halides is 1. The minimum absolute atomic E-state index is 0.239. The Bertz CT molecular complexity index is 348. The zero-order valence-electron chi connectivity index (χ0n) is 9.22. The first-order valence-corrected chi connectivity index (χ1v) is 5.78. The van der Waals surface area contributed by atoms with Crippen LogP contribution < -0.4 is 5.32 Å². The summed E-state index contributed by atoms with van der Waals surface area (Å²) in [5, 5.41) is 2.72. The molecule has 16 heavy (non-hydrogen) atoms. The second-order valence-electron chi connectivity index (χ2n) is 3.67. The van der Waals surface area contributed by atoms with E-state index in [1.165, 1.54) is 12.1 Å². The SMILES string of the molecule is Cc1cc(F)cc(C(=O)NCCCCCl)c1. The lowest BCUT2D eigenvalue weighted by Gasteiger charge is -2.05. The maximum Gasteiger partial charge on any atom is 0.251 e. The van der Waals surface area contributed by atoms with Crippen LogP contribution in [0.1, 0.15) is 28.8 Å². The Balaban J connectivity index is 2.52. The predicted octanol–water partition coefficient (Wildman–Crippen LogP) is 2.88. The van der Waals surface area contributed by atoms with Crippen molar-refractivity contribution in [1.29, 1.82) is 0 Å². The van der Waals surface area contributed by atoms with E-state index in [2.05, 4.69) is 5.32 Å². The highest BCUT2D eigenvalue weighted by Gasteiger charge is 2.06. The number of benzene rings is 1. The lowest BCUT2D eigenvalue weighted by Crippen LogP contribution is -2.24. The molecule has 88 valence electrons. The third kappa shape index (κ3) is 4.19. The zero-order valence-corrected chi connectivity index (χ0v) is 9.98. The molecule has 0 spiro atoms. The van der Waals surface area contributed by atoms with E-state index in [9.17, 15) is 9.18 Å². The molecule has 0 saturated carbocycles. The Morgan fingerprint density at radius 3 is 2.75 bits per heavy atom. The molecule has 0 radical (unpaired) electrons. The van der Waals surface area contributed by atoms with Crippen molar-refractivity contribution in [2.75, 3.05) is 12.4 Å². The summed E-state index contributed by atoms with van der Waals surface area (Å²) in [5.74, 6) is -0.0299. The molecule has 0 fully saturated rings. The molecule has 1 aromatic rings. The largest absolute Gasteiger partial charge is 0.352 e. The first-order chi connectivity index (χ1) is 7.63. The van der Waals surface area contributed by atoms with Crippen molar-refractivity contribution in [3.05, 3.63) is 35.1 Å². The number of halogens is 2. The van der Waals surface area contributed by atoms with E-state index in [0.29, 0.717) is 18.0 Å². The molecule has 1 aromatic carbocycles. The summed E-state index contributed by atoms with van der Waals surface area (Å²) in [6, 6.07) is 4.30. The zero-order chi connectivity index (χ0) is 12.0. The van der Waals surface area contributed by atoms with Gasteiger partial charge in [-0.3, -0.25) is 4.79 Å². The molecule has 0 saturated heterocycles. The minimum atomic E-state index is -0.383. The summed E-state index contributed by atoms with van der Waals surface area (Å²) in [5.41, 5.74) is 1.11. The van der Waals surface area contributed by atoms with Gasteiger partial charge < -0.3 is 5.32 Å². The standard InChI is InChI=1S/C12H15ClFNO/c1-9-6-10(8-11(14)7-9)12(16)15-5-3-2-4-13/h6-8H,2-5H2,1H3,(H,15,16). The summed E-state index contributed by atoms with van der Waals surface area (Å²) >= 11 is 5.51. The van der Waals surface area contributed by atoms with Gasteiger partial charge in [0.25, 0.3) is 5.91 Å². The fourth-order valence-electron chi connectivity index (χ4n) is 1.39. The molecule has 0 atom stereocenters. The molecular formula is C12H15ClFNO. The average molecular weight is 244 g/mol. The number of carbonyl (C=O) groups excluding carboxylic acids is 1. The van der Waals surface area contributed by atoms with Crippen LogP contribution in [0.3, 0.4) is 0 Å². The van der Waals surface area contributed by atoms with Crippen molar-refractivity contribution < 1.29 is 9.18 Å². The summed E-state index contributed by atoms with van der Waals surface area (Å²) in [7, 11) is 0. The van der Waals surface area contributed by atoms with Crippen molar-refractivity contribution in [2.45, 2.75) is 19.8 Å². The van der Waals surface area contributed by atoms with E-state index < -0.39 is 0 Å². The van der Waals surface area contributed by atoms with Crippen LogP contribution in [0.5, 0.6) is 0 Å². The molecule has 4 heteroatoms. The quantitative estimate of drug-likeness (QED) is 0.625. The Kier molecular flexibility index (Phi) is 5.26. The molecule has 1 N–H and O–H groups in total. The summed E-state index contributed by atoms with van der Waals surface area (Å²) in [6.45, 7) is 2.33. The number of carbonyl (C=O) groups is 1.